The molecule has 0 aliphatic heterocycles. The maximum atomic E-state index is 2.40. The molecule has 9 aromatic rings. The van der Waals surface area contributed by atoms with Crippen LogP contribution in [0, 0.1) is 0 Å². The van der Waals surface area contributed by atoms with Crippen LogP contribution in [-0.4, -0.2) is 0 Å². The van der Waals surface area contributed by atoms with Crippen LogP contribution in [0.15, 0.2) is 182 Å². The smallest absolute Gasteiger partial charge is 0.00259 e. The monoisotopic (exact) mass is 582 g/mol. The Labute approximate surface area is 268 Å². The highest BCUT2D eigenvalue weighted by atomic mass is 14.2. The van der Waals surface area contributed by atoms with Crippen molar-refractivity contribution in [2.24, 2.45) is 0 Å². The lowest BCUT2D eigenvalue weighted by molar-refractivity contribution is 1.62. The molecule has 0 fully saturated rings. The van der Waals surface area contributed by atoms with Crippen LogP contribution in [0.2, 0.25) is 0 Å². The van der Waals surface area contributed by atoms with Crippen molar-refractivity contribution in [1.82, 2.24) is 0 Å². The summed E-state index contributed by atoms with van der Waals surface area (Å²) in [5.74, 6) is 0. The van der Waals surface area contributed by atoms with E-state index in [0.717, 1.165) is 0 Å². The maximum Gasteiger partial charge on any atom is -0.00259 e. The van der Waals surface area contributed by atoms with Crippen molar-refractivity contribution in [3.63, 3.8) is 0 Å². The third kappa shape index (κ3) is 4.47. The fourth-order valence-electron chi connectivity index (χ4n) is 7.15. The Hall–Kier alpha value is -5.98. The van der Waals surface area contributed by atoms with Crippen molar-refractivity contribution in [2.75, 3.05) is 0 Å². The Morgan fingerprint density at radius 1 is 0.196 bits per heavy atom. The number of hydrogen-bond acceptors (Lipinski definition) is 0. The Balaban J connectivity index is 1.29. The van der Waals surface area contributed by atoms with Gasteiger partial charge in [-0.05, 0) is 106 Å². The van der Waals surface area contributed by atoms with Crippen LogP contribution < -0.4 is 0 Å². The van der Waals surface area contributed by atoms with Gasteiger partial charge < -0.3 is 0 Å². The summed E-state index contributed by atoms with van der Waals surface area (Å²) in [4.78, 5) is 0. The van der Waals surface area contributed by atoms with E-state index < -0.39 is 0 Å². The summed E-state index contributed by atoms with van der Waals surface area (Å²) in [7, 11) is 0. The second-order valence-corrected chi connectivity index (χ2v) is 12.1. The third-order valence-electron chi connectivity index (χ3n) is 9.43. The molecule has 0 atom stereocenters. The molecule has 0 saturated heterocycles. The Kier molecular flexibility index (Phi) is 6.25. The normalized spacial score (nSPS) is 11.5. The van der Waals surface area contributed by atoms with Gasteiger partial charge in [-0.2, -0.15) is 0 Å². The molecule has 46 heavy (non-hydrogen) atoms. The maximum absolute atomic E-state index is 2.40. The molecule has 0 aliphatic rings. The largest absolute Gasteiger partial charge is 0.0622 e. The minimum atomic E-state index is 1.22. The first-order chi connectivity index (χ1) is 22.8. The fourth-order valence-corrected chi connectivity index (χ4v) is 7.15. The molecule has 0 bridgehead atoms. The molecule has 0 heterocycles. The van der Waals surface area contributed by atoms with E-state index in [0.29, 0.717) is 0 Å². The molecule has 0 N–H and O–H groups in total. The van der Waals surface area contributed by atoms with Gasteiger partial charge in [0.1, 0.15) is 0 Å². The molecule has 0 amide bonds. The number of fused-ring (bicyclic) bond motifs is 4. The summed E-state index contributed by atoms with van der Waals surface area (Å²) in [6.45, 7) is 0. The highest BCUT2D eigenvalue weighted by molar-refractivity contribution is 6.22. The van der Waals surface area contributed by atoms with Crippen molar-refractivity contribution in [3.8, 4) is 44.5 Å². The quantitative estimate of drug-likeness (QED) is 0.181. The van der Waals surface area contributed by atoms with E-state index in [4.69, 9.17) is 0 Å². The molecule has 0 nitrogen and oxygen atoms in total. The highest BCUT2D eigenvalue weighted by Crippen LogP contribution is 2.45. The van der Waals surface area contributed by atoms with Crippen molar-refractivity contribution in [3.05, 3.63) is 182 Å². The third-order valence-corrected chi connectivity index (χ3v) is 9.43. The van der Waals surface area contributed by atoms with Crippen LogP contribution in [0.4, 0.5) is 0 Å². The zero-order valence-corrected chi connectivity index (χ0v) is 25.3. The van der Waals surface area contributed by atoms with E-state index in [1.807, 2.05) is 0 Å². The second-order valence-electron chi connectivity index (χ2n) is 12.1. The van der Waals surface area contributed by atoms with Gasteiger partial charge in [0.2, 0.25) is 0 Å². The summed E-state index contributed by atoms with van der Waals surface area (Å²) >= 11 is 0. The van der Waals surface area contributed by atoms with Gasteiger partial charge in [0.15, 0.2) is 0 Å². The minimum absolute atomic E-state index is 1.22. The number of benzene rings is 9. The van der Waals surface area contributed by atoms with Gasteiger partial charge in [-0.15, -0.1) is 0 Å². The van der Waals surface area contributed by atoms with Crippen LogP contribution in [0.5, 0.6) is 0 Å². The molecule has 0 spiro atoms. The van der Waals surface area contributed by atoms with Gasteiger partial charge in [-0.3, -0.25) is 0 Å². The second kappa shape index (κ2) is 10.9. The van der Waals surface area contributed by atoms with E-state index in [9.17, 15) is 0 Å². The zero-order chi connectivity index (χ0) is 30.5. The average molecular weight is 583 g/mol. The van der Waals surface area contributed by atoms with Crippen LogP contribution in [0.3, 0.4) is 0 Å². The number of rotatable bonds is 4. The predicted molar refractivity (Wildman–Crippen MR) is 198 cm³/mol. The van der Waals surface area contributed by atoms with Gasteiger partial charge in [-0.1, -0.05) is 164 Å². The Morgan fingerprint density at radius 2 is 0.609 bits per heavy atom. The van der Waals surface area contributed by atoms with Gasteiger partial charge in [-0.25, -0.2) is 0 Å². The van der Waals surface area contributed by atoms with Crippen LogP contribution >= 0.6 is 0 Å². The first kappa shape index (κ1) is 26.4. The van der Waals surface area contributed by atoms with E-state index in [1.165, 1.54) is 87.6 Å². The highest BCUT2D eigenvalue weighted by Gasteiger charge is 2.18. The first-order valence-electron chi connectivity index (χ1n) is 15.9. The molecule has 214 valence electrons. The van der Waals surface area contributed by atoms with Crippen molar-refractivity contribution < 1.29 is 0 Å². The van der Waals surface area contributed by atoms with E-state index in [-0.39, 0.29) is 0 Å². The first-order valence-corrected chi connectivity index (χ1v) is 15.9. The lowest BCUT2D eigenvalue weighted by Crippen LogP contribution is -1.92. The molecule has 0 aromatic heterocycles. The molecule has 9 aromatic carbocycles. The molecule has 0 saturated carbocycles. The molecular weight excluding hydrogens is 553 g/mol. The van der Waals surface area contributed by atoms with Crippen LogP contribution in [-0.2, 0) is 0 Å². The Morgan fingerprint density at radius 3 is 1.28 bits per heavy atom. The summed E-state index contributed by atoms with van der Waals surface area (Å²) < 4.78 is 0. The van der Waals surface area contributed by atoms with Crippen LogP contribution in [0.25, 0.3) is 87.6 Å². The van der Waals surface area contributed by atoms with E-state index in [2.05, 4.69) is 182 Å². The zero-order valence-electron chi connectivity index (χ0n) is 25.3. The average Bonchev–Trinajstić information content (AvgIpc) is 3.13. The van der Waals surface area contributed by atoms with Gasteiger partial charge in [0, 0.05) is 0 Å². The summed E-state index contributed by atoms with van der Waals surface area (Å²) in [6, 6.07) is 66.6. The molecule has 0 unspecified atom stereocenters. The van der Waals surface area contributed by atoms with Gasteiger partial charge in [0.05, 0.1) is 0 Å². The van der Waals surface area contributed by atoms with E-state index in [1.54, 1.807) is 0 Å². The predicted octanol–water partition coefficient (Wildman–Crippen LogP) is 13.0. The molecule has 0 heteroatoms. The summed E-state index contributed by atoms with van der Waals surface area (Å²) in [6.07, 6.45) is 0. The van der Waals surface area contributed by atoms with E-state index >= 15 is 0 Å². The minimum Gasteiger partial charge on any atom is -0.0622 e. The molecular formula is C46H30. The van der Waals surface area contributed by atoms with Crippen molar-refractivity contribution in [2.45, 2.75) is 0 Å². The SMILES string of the molecule is c1ccc(-c2ccc3c(-c4ccc(-c5ccc6ccccc6c5)cc4)c4ccccc4c(-c4ccc5ccccc5c4)c3c2)cc1. The molecule has 0 radical (unpaired) electrons. The lowest BCUT2D eigenvalue weighted by Gasteiger charge is -2.19. The standard InChI is InChI=1S/C46H30/c1-2-10-31(11-3-1)39-26-27-43-44(30-39)46(40-25-21-33-13-5-7-15-37(33)29-40)42-17-9-8-16-41(42)45(43)35-22-18-34(19-23-35)38-24-20-32-12-4-6-14-36(32)28-38/h1-30H. The molecule has 0 aliphatic carbocycles. The van der Waals surface area contributed by atoms with Crippen LogP contribution in [0.1, 0.15) is 0 Å². The summed E-state index contributed by atoms with van der Waals surface area (Å²) in [5.41, 5.74) is 9.93. The van der Waals surface area contributed by atoms with Gasteiger partial charge in [0.25, 0.3) is 0 Å². The lowest BCUT2D eigenvalue weighted by atomic mass is 9.84. The number of hydrogen-bond donors (Lipinski definition) is 0. The summed E-state index contributed by atoms with van der Waals surface area (Å²) in [5, 5.41) is 10.1. The fraction of sp³-hybridized carbons (Fsp3) is 0. The van der Waals surface area contributed by atoms with Gasteiger partial charge >= 0.3 is 0 Å². The van der Waals surface area contributed by atoms with Crippen molar-refractivity contribution >= 4 is 43.1 Å². The topological polar surface area (TPSA) is 0 Å². The molecule has 9 rings (SSSR count). The van der Waals surface area contributed by atoms with Crippen molar-refractivity contribution in [1.29, 1.82) is 0 Å². The Bertz CT molecular complexity index is 2560.